The van der Waals surface area contributed by atoms with Crippen LogP contribution in [-0.4, -0.2) is 11.0 Å². The molecule has 0 saturated carbocycles. The molecule has 0 amide bonds. The van der Waals surface area contributed by atoms with Crippen LogP contribution in [0.3, 0.4) is 0 Å². The van der Waals surface area contributed by atoms with Crippen LogP contribution in [0.4, 0.5) is 0 Å². The van der Waals surface area contributed by atoms with Crippen molar-refractivity contribution in [1.29, 1.82) is 0 Å². The van der Waals surface area contributed by atoms with Crippen LogP contribution in [0.1, 0.15) is 26.5 Å². The Hall–Kier alpha value is -1.10. The van der Waals surface area contributed by atoms with E-state index in [1.165, 1.54) is 0 Å². The third kappa shape index (κ3) is 3.08. The van der Waals surface area contributed by atoms with E-state index in [4.69, 9.17) is 27.9 Å². The fourth-order valence-corrected chi connectivity index (χ4v) is 2.81. The lowest BCUT2D eigenvalue weighted by atomic mass is 10.1. The van der Waals surface area contributed by atoms with E-state index in [1.807, 2.05) is 13.8 Å². The molecule has 0 atom stereocenters. The maximum absolute atomic E-state index is 12.0. The highest BCUT2D eigenvalue weighted by atomic mass is 35.5. The van der Waals surface area contributed by atoms with Crippen LogP contribution in [-0.2, 0) is 0 Å². The lowest BCUT2D eigenvalue weighted by Gasteiger charge is -2.08. The summed E-state index contributed by atoms with van der Waals surface area (Å²) in [4.78, 5) is 16.4. The van der Waals surface area contributed by atoms with E-state index in [2.05, 4.69) is 4.98 Å². The molecular formula is C13H11Cl2NO2S. The Balaban J connectivity index is 2.27. The second-order valence-corrected chi connectivity index (χ2v) is 6.10. The number of carbonyl (C=O) groups is 1. The highest BCUT2D eigenvalue weighted by molar-refractivity contribution is 7.17. The second kappa shape index (κ2) is 5.49. The molecule has 0 aliphatic carbocycles. The smallest absolute Gasteiger partial charge is 0.355 e. The number of esters is 1. The van der Waals surface area contributed by atoms with Gasteiger partial charge in [0.05, 0.1) is 5.69 Å². The van der Waals surface area contributed by atoms with Crippen LogP contribution in [0.2, 0.25) is 9.49 Å². The predicted octanol–water partition coefficient (Wildman–Crippen LogP) is 4.59. The van der Waals surface area contributed by atoms with Gasteiger partial charge in [0, 0.05) is 5.02 Å². The molecule has 0 spiro atoms. The Bertz CT molecular complexity index is 629. The third-order valence-electron chi connectivity index (χ3n) is 2.58. The Kier molecular flexibility index (Phi) is 4.13. The molecule has 0 aliphatic rings. The van der Waals surface area contributed by atoms with E-state index in [1.54, 1.807) is 19.1 Å². The van der Waals surface area contributed by atoms with E-state index in [-0.39, 0.29) is 0 Å². The molecule has 19 heavy (non-hydrogen) atoms. The summed E-state index contributed by atoms with van der Waals surface area (Å²) in [5.41, 5.74) is 2.30. The number of nitrogens with zero attached hydrogens (tertiary/aromatic N) is 1. The number of halogens is 2. The van der Waals surface area contributed by atoms with Gasteiger partial charge < -0.3 is 4.74 Å². The lowest BCUT2D eigenvalue weighted by molar-refractivity contribution is 0.0739. The molecule has 0 unspecified atom stereocenters. The van der Waals surface area contributed by atoms with Crippen molar-refractivity contribution in [2.75, 3.05) is 0 Å². The minimum absolute atomic E-state index is 0.327. The molecule has 2 aromatic rings. The van der Waals surface area contributed by atoms with Gasteiger partial charge in [-0.15, -0.1) is 0 Å². The van der Waals surface area contributed by atoms with E-state index >= 15 is 0 Å². The first-order valence-electron chi connectivity index (χ1n) is 5.50. The molecule has 1 heterocycles. The highest BCUT2D eigenvalue weighted by Gasteiger charge is 2.17. The number of rotatable bonds is 2. The van der Waals surface area contributed by atoms with Crippen LogP contribution >= 0.6 is 34.5 Å². The molecule has 6 heteroatoms. The summed E-state index contributed by atoms with van der Waals surface area (Å²) in [5.74, 6) is 0.0105. The van der Waals surface area contributed by atoms with Gasteiger partial charge in [-0.05, 0) is 44.0 Å². The molecule has 1 aromatic heterocycles. The minimum atomic E-state index is -0.456. The summed E-state index contributed by atoms with van der Waals surface area (Å²) in [6.07, 6.45) is 0. The summed E-state index contributed by atoms with van der Waals surface area (Å²) >= 11 is 12.9. The van der Waals surface area contributed by atoms with Crippen molar-refractivity contribution in [2.45, 2.75) is 20.8 Å². The van der Waals surface area contributed by atoms with Gasteiger partial charge in [0.1, 0.15) is 10.6 Å². The zero-order valence-corrected chi connectivity index (χ0v) is 12.9. The van der Waals surface area contributed by atoms with E-state index < -0.39 is 5.97 Å². The molecule has 3 nitrogen and oxygen atoms in total. The summed E-state index contributed by atoms with van der Waals surface area (Å²) in [5, 5.41) is 0.678. The lowest BCUT2D eigenvalue weighted by Crippen LogP contribution is -2.08. The normalized spacial score (nSPS) is 10.6. The van der Waals surface area contributed by atoms with Crippen molar-refractivity contribution in [3.05, 3.63) is 43.3 Å². The van der Waals surface area contributed by atoms with Crippen molar-refractivity contribution in [1.82, 2.24) is 4.98 Å². The first kappa shape index (κ1) is 14.3. The Labute approximate surface area is 125 Å². The van der Waals surface area contributed by atoms with Crippen LogP contribution in [0.5, 0.6) is 5.75 Å². The maximum Gasteiger partial charge on any atom is 0.355 e. The molecule has 0 N–H and O–H groups in total. The topological polar surface area (TPSA) is 39.2 Å². The molecule has 2 rings (SSSR count). The van der Waals surface area contributed by atoms with Crippen LogP contribution in [0.15, 0.2) is 12.1 Å². The fourth-order valence-electron chi connectivity index (χ4n) is 1.67. The first-order valence-corrected chi connectivity index (χ1v) is 7.07. The van der Waals surface area contributed by atoms with Gasteiger partial charge in [0.15, 0.2) is 4.47 Å². The summed E-state index contributed by atoms with van der Waals surface area (Å²) < 4.78 is 5.65. The van der Waals surface area contributed by atoms with Crippen molar-refractivity contribution in [3.63, 3.8) is 0 Å². The number of aromatic nitrogens is 1. The zero-order valence-electron chi connectivity index (χ0n) is 10.6. The number of benzene rings is 1. The van der Waals surface area contributed by atoms with Gasteiger partial charge in [-0.3, -0.25) is 0 Å². The minimum Gasteiger partial charge on any atom is -0.422 e. The van der Waals surface area contributed by atoms with Crippen LogP contribution in [0.25, 0.3) is 0 Å². The molecule has 100 valence electrons. The van der Waals surface area contributed by atoms with Gasteiger partial charge in [-0.1, -0.05) is 34.5 Å². The number of thiazole rings is 1. The monoisotopic (exact) mass is 315 g/mol. The van der Waals surface area contributed by atoms with Gasteiger partial charge in [-0.25, -0.2) is 9.78 Å². The van der Waals surface area contributed by atoms with Crippen molar-refractivity contribution < 1.29 is 9.53 Å². The average molecular weight is 316 g/mol. The van der Waals surface area contributed by atoms with E-state index in [0.29, 0.717) is 25.8 Å². The van der Waals surface area contributed by atoms with E-state index in [9.17, 15) is 4.79 Å². The quantitative estimate of drug-likeness (QED) is 0.600. The van der Waals surface area contributed by atoms with Crippen LogP contribution in [0, 0.1) is 20.8 Å². The van der Waals surface area contributed by atoms with Gasteiger partial charge in [0.2, 0.25) is 0 Å². The third-order valence-corrected chi connectivity index (χ3v) is 4.41. The standard InChI is InChI=1S/C13H11Cl2NO2S/c1-6-4-9(5-7(2)10(6)14)18-12(17)11-8(3)16-13(15)19-11/h4-5H,1-3H3. The summed E-state index contributed by atoms with van der Waals surface area (Å²) in [6, 6.07) is 3.45. The van der Waals surface area contributed by atoms with Gasteiger partial charge in [-0.2, -0.15) is 0 Å². The fraction of sp³-hybridized carbons (Fsp3) is 0.231. The number of carbonyl (C=O) groups excluding carboxylic acids is 1. The molecule has 1 aromatic carbocycles. The first-order chi connectivity index (χ1) is 8.88. The van der Waals surface area contributed by atoms with E-state index in [0.717, 1.165) is 22.5 Å². The van der Waals surface area contributed by atoms with Crippen molar-refractivity contribution >= 4 is 40.5 Å². The van der Waals surface area contributed by atoms with Crippen molar-refractivity contribution in [2.24, 2.45) is 0 Å². The Morgan fingerprint density at radius 2 is 1.79 bits per heavy atom. The number of ether oxygens (including phenoxy) is 1. The highest BCUT2D eigenvalue weighted by Crippen LogP contribution is 2.28. The maximum atomic E-state index is 12.0. The summed E-state index contributed by atoms with van der Waals surface area (Å²) in [7, 11) is 0. The molecule has 0 aliphatic heterocycles. The van der Waals surface area contributed by atoms with Crippen molar-refractivity contribution in [3.8, 4) is 5.75 Å². The molecule has 0 radical (unpaired) electrons. The molecule has 0 bridgehead atoms. The Morgan fingerprint density at radius 1 is 1.21 bits per heavy atom. The van der Waals surface area contributed by atoms with Crippen LogP contribution < -0.4 is 4.74 Å². The molecule has 0 saturated heterocycles. The number of hydrogen-bond donors (Lipinski definition) is 0. The number of hydrogen-bond acceptors (Lipinski definition) is 4. The predicted molar refractivity (Wildman–Crippen MR) is 77.7 cm³/mol. The zero-order chi connectivity index (χ0) is 14.2. The number of aryl methyl sites for hydroxylation is 3. The molecular weight excluding hydrogens is 305 g/mol. The Morgan fingerprint density at radius 3 is 2.26 bits per heavy atom. The molecule has 0 fully saturated rings. The largest absolute Gasteiger partial charge is 0.422 e. The average Bonchev–Trinajstić information content (AvgIpc) is 2.65. The SMILES string of the molecule is Cc1cc(OC(=O)c2sc(Cl)nc2C)cc(C)c1Cl. The van der Waals surface area contributed by atoms with Gasteiger partial charge in [0.25, 0.3) is 0 Å². The van der Waals surface area contributed by atoms with Gasteiger partial charge >= 0.3 is 5.97 Å². The summed E-state index contributed by atoms with van der Waals surface area (Å²) in [6.45, 7) is 5.44. The second-order valence-electron chi connectivity index (χ2n) is 4.14.